The fourth-order valence-corrected chi connectivity index (χ4v) is 3.84. The summed E-state index contributed by atoms with van der Waals surface area (Å²) in [7, 11) is 0. The van der Waals surface area contributed by atoms with Crippen molar-refractivity contribution in [3.8, 4) is 0 Å². The molecule has 1 fully saturated rings. The van der Waals surface area contributed by atoms with Gasteiger partial charge in [0.1, 0.15) is 0 Å². The first-order chi connectivity index (χ1) is 8.77. The van der Waals surface area contributed by atoms with Crippen LogP contribution < -0.4 is 5.32 Å². The van der Waals surface area contributed by atoms with Gasteiger partial charge in [0.15, 0.2) is 0 Å². The minimum Gasteiger partial charge on any atom is -0.316 e. The Labute approximate surface area is 116 Å². The van der Waals surface area contributed by atoms with E-state index in [1.54, 1.807) is 5.56 Å². The summed E-state index contributed by atoms with van der Waals surface area (Å²) in [5.41, 5.74) is 1.60. The van der Waals surface area contributed by atoms with Crippen LogP contribution in [0.1, 0.15) is 57.4 Å². The van der Waals surface area contributed by atoms with Crippen LogP contribution in [-0.2, 0) is 0 Å². The van der Waals surface area contributed by atoms with Crippen LogP contribution in [0.25, 0.3) is 0 Å². The second-order valence-electron chi connectivity index (χ2n) is 6.11. The van der Waals surface area contributed by atoms with Gasteiger partial charge in [-0.1, -0.05) is 33.1 Å². The molecular formula is C16H27NS. The number of rotatable bonds is 5. The second kappa shape index (κ2) is 7.30. The summed E-state index contributed by atoms with van der Waals surface area (Å²) < 4.78 is 0. The van der Waals surface area contributed by atoms with Crippen molar-refractivity contribution >= 4 is 11.3 Å². The molecule has 102 valence electrons. The van der Waals surface area contributed by atoms with E-state index in [-0.39, 0.29) is 0 Å². The van der Waals surface area contributed by atoms with Gasteiger partial charge in [0.05, 0.1) is 0 Å². The van der Waals surface area contributed by atoms with Crippen molar-refractivity contribution in [3.05, 3.63) is 22.4 Å². The number of thiophene rings is 1. The van der Waals surface area contributed by atoms with Gasteiger partial charge in [-0.05, 0) is 66.1 Å². The number of hydrogen-bond acceptors (Lipinski definition) is 2. The topological polar surface area (TPSA) is 12.0 Å². The van der Waals surface area contributed by atoms with Gasteiger partial charge in [0.25, 0.3) is 0 Å². The maximum atomic E-state index is 3.68. The molecule has 0 aromatic carbocycles. The van der Waals surface area contributed by atoms with Gasteiger partial charge in [-0.25, -0.2) is 0 Å². The standard InChI is InChI=1S/C16H27NS/c1-13(2)10-17-11-14-6-4-3-5-7-16(14)15-8-9-18-12-15/h8-9,12-14,16-17H,3-7,10-11H2,1-2H3. The lowest BCUT2D eigenvalue weighted by Gasteiger charge is -2.25. The van der Waals surface area contributed by atoms with E-state index in [9.17, 15) is 0 Å². The molecular weight excluding hydrogens is 238 g/mol. The minimum atomic E-state index is 0.760. The third-order valence-corrected chi connectivity index (χ3v) is 4.79. The van der Waals surface area contributed by atoms with E-state index in [1.165, 1.54) is 38.6 Å². The second-order valence-corrected chi connectivity index (χ2v) is 6.89. The van der Waals surface area contributed by atoms with Crippen molar-refractivity contribution in [2.45, 2.75) is 51.9 Å². The van der Waals surface area contributed by atoms with Crippen LogP contribution in [0.5, 0.6) is 0 Å². The monoisotopic (exact) mass is 265 g/mol. The van der Waals surface area contributed by atoms with Gasteiger partial charge < -0.3 is 5.32 Å². The molecule has 0 bridgehead atoms. The molecule has 0 spiro atoms. The van der Waals surface area contributed by atoms with Crippen molar-refractivity contribution < 1.29 is 0 Å². The first kappa shape index (κ1) is 14.1. The lowest BCUT2D eigenvalue weighted by atomic mass is 9.83. The Kier molecular flexibility index (Phi) is 5.71. The average molecular weight is 265 g/mol. The average Bonchev–Trinajstić information content (AvgIpc) is 2.76. The third kappa shape index (κ3) is 4.10. The Bertz CT molecular complexity index is 318. The fraction of sp³-hybridized carbons (Fsp3) is 0.750. The molecule has 1 N–H and O–H groups in total. The maximum absolute atomic E-state index is 3.68. The van der Waals surface area contributed by atoms with Crippen LogP contribution in [0.15, 0.2) is 16.8 Å². The predicted molar refractivity (Wildman–Crippen MR) is 81.3 cm³/mol. The van der Waals surface area contributed by atoms with Crippen molar-refractivity contribution in [2.75, 3.05) is 13.1 Å². The molecule has 0 aliphatic heterocycles. The van der Waals surface area contributed by atoms with E-state index in [1.807, 2.05) is 11.3 Å². The summed E-state index contributed by atoms with van der Waals surface area (Å²) in [4.78, 5) is 0. The molecule has 1 aliphatic rings. The number of nitrogens with one attached hydrogen (secondary N) is 1. The van der Waals surface area contributed by atoms with Crippen LogP contribution in [0.3, 0.4) is 0 Å². The molecule has 2 rings (SSSR count). The molecule has 0 radical (unpaired) electrons. The highest BCUT2D eigenvalue weighted by atomic mass is 32.1. The molecule has 2 unspecified atom stereocenters. The largest absolute Gasteiger partial charge is 0.316 e. The molecule has 1 nitrogen and oxygen atoms in total. The zero-order chi connectivity index (χ0) is 12.8. The van der Waals surface area contributed by atoms with E-state index >= 15 is 0 Å². The van der Waals surface area contributed by atoms with Crippen molar-refractivity contribution in [2.24, 2.45) is 11.8 Å². The molecule has 1 heterocycles. The lowest BCUT2D eigenvalue weighted by molar-refractivity contribution is 0.367. The zero-order valence-electron chi connectivity index (χ0n) is 11.8. The third-order valence-electron chi connectivity index (χ3n) is 4.09. The lowest BCUT2D eigenvalue weighted by Crippen LogP contribution is -2.29. The predicted octanol–water partition coefficient (Wildman–Crippen LogP) is 4.66. The SMILES string of the molecule is CC(C)CNCC1CCCCCC1c1ccsc1. The van der Waals surface area contributed by atoms with E-state index < -0.39 is 0 Å². The van der Waals surface area contributed by atoms with Crippen LogP contribution in [0, 0.1) is 11.8 Å². The molecule has 18 heavy (non-hydrogen) atoms. The highest BCUT2D eigenvalue weighted by Gasteiger charge is 2.25. The molecule has 1 saturated carbocycles. The maximum Gasteiger partial charge on any atom is -0.00146 e. The summed E-state index contributed by atoms with van der Waals surface area (Å²) in [5.74, 6) is 2.41. The summed E-state index contributed by atoms with van der Waals surface area (Å²) in [5, 5.41) is 8.28. The number of hydrogen-bond donors (Lipinski definition) is 1. The molecule has 2 heteroatoms. The Morgan fingerprint density at radius 2 is 2.11 bits per heavy atom. The Hall–Kier alpha value is -0.340. The Morgan fingerprint density at radius 3 is 2.83 bits per heavy atom. The van der Waals surface area contributed by atoms with E-state index in [2.05, 4.69) is 36.0 Å². The van der Waals surface area contributed by atoms with Crippen LogP contribution >= 0.6 is 11.3 Å². The minimum absolute atomic E-state index is 0.760. The Balaban J connectivity index is 1.94. The summed E-state index contributed by atoms with van der Waals surface area (Å²) in [6.45, 7) is 6.94. The first-order valence-corrected chi connectivity index (χ1v) is 8.44. The van der Waals surface area contributed by atoms with Crippen molar-refractivity contribution in [3.63, 3.8) is 0 Å². The van der Waals surface area contributed by atoms with Crippen LogP contribution in [0.4, 0.5) is 0 Å². The summed E-state index contributed by atoms with van der Waals surface area (Å²) >= 11 is 1.85. The van der Waals surface area contributed by atoms with Crippen molar-refractivity contribution in [1.82, 2.24) is 5.32 Å². The fourth-order valence-electron chi connectivity index (χ4n) is 3.11. The smallest absolute Gasteiger partial charge is 0.00146 e. The van der Waals surface area contributed by atoms with Gasteiger partial charge >= 0.3 is 0 Å². The summed E-state index contributed by atoms with van der Waals surface area (Å²) in [6.07, 6.45) is 7.08. The van der Waals surface area contributed by atoms with Gasteiger partial charge in [0.2, 0.25) is 0 Å². The van der Waals surface area contributed by atoms with E-state index in [0.29, 0.717) is 0 Å². The van der Waals surface area contributed by atoms with Crippen LogP contribution in [-0.4, -0.2) is 13.1 Å². The zero-order valence-corrected chi connectivity index (χ0v) is 12.6. The van der Waals surface area contributed by atoms with Gasteiger partial charge in [-0.2, -0.15) is 11.3 Å². The highest BCUT2D eigenvalue weighted by Crippen LogP contribution is 2.37. The first-order valence-electron chi connectivity index (χ1n) is 7.50. The Morgan fingerprint density at radius 1 is 1.28 bits per heavy atom. The molecule has 0 amide bonds. The molecule has 2 atom stereocenters. The quantitative estimate of drug-likeness (QED) is 0.764. The van der Waals surface area contributed by atoms with E-state index in [4.69, 9.17) is 0 Å². The van der Waals surface area contributed by atoms with Crippen molar-refractivity contribution in [1.29, 1.82) is 0 Å². The van der Waals surface area contributed by atoms with Gasteiger partial charge in [0, 0.05) is 0 Å². The normalized spacial score (nSPS) is 25.3. The molecule has 1 aromatic rings. The molecule has 1 aliphatic carbocycles. The van der Waals surface area contributed by atoms with E-state index in [0.717, 1.165) is 24.3 Å². The van der Waals surface area contributed by atoms with Crippen LogP contribution in [0.2, 0.25) is 0 Å². The highest BCUT2D eigenvalue weighted by molar-refractivity contribution is 7.07. The molecule has 1 aromatic heterocycles. The van der Waals surface area contributed by atoms with Gasteiger partial charge in [-0.15, -0.1) is 0 Å². The summed E-state index contributed by atoms with van der Waals surface area (Å²) in [6, 6.07) is 2.34. The van der Waals surface area contributed by atoms with Gasteiger partial charge in [-0.3, -0.25) is 0 Å². The molecule has 0 saturated heterocycles.